The molecule has 0 amide bonds. The third-order valence-corrected chi connectivity index (χ3v) is 7.91. The summed E-state index contributed by atoms with van der Waals surface area (Å²) in [4.78, 5) is 32.9. The van der Waals surface area contributed by atoms with Crippen molar-refractivity contribution in [2.45, 2.75) is 13.0 Å². The molecule has 0 aliphatic carbocycles. The fourth-order valence-corrected chi connectivity index (χ4v) is 6.19. The minimum atomic E-state index is -0.732. The van der Waals surface area contributed by atoms with E-state index in [1.54, 1.807) is 23.6 Å². The van der Waals surface area contributed by atoms with Gasteiger partial charge >= 0.3 is 5.97 Å². The molecule has 41 heavy (non-hydrogen) atoms. The number of methoxy groups -OCH3 is 1. The van der Waals surface area contributed by atoms with Crippen molar-refractivity contribution >= 4 is 45.0 Å². The first kappa shape index (κ1) is 28.1. The van der Waals surface area contributed by atoms with E-state index in [0.29, 0.717) is 42.1 Å². The third kappa shape index (κ3) is 5.62. The van der Waals surface area contributed by atoms with Gasteiger partial charge in [0.25, 0.3) is 5.56 Å². The maximum absolute atomic E-state index is 14.0. The smallest absolute Gasteiger partial charge is 0.338 e. The fraction of sp³-hybridized carbons (Fsp3) is 0.156. The van der Waals surface area contributed by atoms with E-state index < -0.39 is 12.0 Å². The van der Waals surface area contributed by atoms with Crippen LogP contribution in [0.25, 0.3) is 11.8 Å². The van der Waals surface area contributed by atoms with Gasteiger partial charge in [-0.25, -0.2) is 9.79 Å². The zero-order valence-corrected chi connectivity index (χ0v) is 24.7. The second-order valence-corrected chi connectivity index (χ2v) is 10.7. The normalized spacial score (nSPS) is 14.6. The van der Waals surface area contributed by atoms with Crippen LogP contribution in [-0.2, 0) is 9.53 Å². The van der Waals surface area contributed by atoms with Gasteiger partial charge in [-0.1, -0.05) is 77.9 Å². The van der Waals surface area contributed by atoms with Crippen LogP contribution in [0.4, 0.5) is 0 Å². The van der Waals surface area contributed by atoms with Crippen LogP contribution in [0.1, 0.15) is 29.7 Å². The molecule has 0 saturated heterocycles. The highest BCUT2D eigenvalue weighted by atomic mass is 79.9. The summed E-state index contributed by atoms with van der Waals surface area (Å²) in [6.07, 6.45) is 7.11. The van der Waals surface area contributed by atoms with Crippen LogP contribution < -0.4 is 24.4 Å². The largest absolute Gasteiger partial charge is 0.493 e. The van der Waals surface area contributed by atoms with Gasteiger partial charge in [0.15, 0.2) is 16.3 Å². The number of aromatic nitrogens is 1. The number of hydrogen-bond donors (Lipinski definition) is 0. The highest BCUT2D eigenvalue weighted by Gasteiger charge is 2.35. The SMILES string of the molecule is C#CCOc1c(Br)cc(/C=c2/sc3n(c2=O)[C@H](c2ccccc2)C(C(=O)OCC)=C(c2ccccc2)N=3)cc1OC. The lowest BCUT2D eigenvalue weighted by atomic mass is 9.93. The summed E-state index contributed by atoms with van der Waals surface area (Å²) in [5, 5.41) is 0. The Morgan fingerprint density at radius 3 is 2.51 bits per heavy atom. The molecular weight excluding hydrogens is 604 g/mol. The molecule has 9 heteroatoms. The molecule has 1 atom stereocenters. The maximum Gasteiger partial charge on any atom is 0.338 e. The minimum absolute atomic E-state index is 0.0823. The van der Waals surface area contributed by atoms with E-state index in [0.717, 1.165) is 11.1 Å². The molecule has 7 nitrogen and oxygen atoms in total. The summed E-state index contributed by atoms with van der Waals surface area (Å²) in [7, 11) is 1.53. The number of nitrogens with zero attached hydrogens (tertiary/aromatic N) is 2. The Labute approximate surface area is 249 Å². The standard InChI is InChI=1S/C32H25BrN2O5S/c1-4-16-40-29-23(33)17-20(18-24(29)38-3)19-25-30(36)35-28(22-14-10-7-11-15-22)26(31(37)39-5-2)27(34-32(35)41-25)21-12-8-6-9-13-21/h1,6-15,17-19,28H,5,16H2,2-3H3/b25-19+/t28-/m1/s1. The Morgan fingerprint density at radius 2 is 1.85 bits per heavy atom. The van der Waals surface area contributed by atoms with Gasteiger partial charge < -0.3 is 14.2 Å². The van der Waals surface area contributed by atoms with E-state index in [4.69, 9.17) is 25.6 Å². The van der Waals surface area contributed by atoms with Gasteiger partial charge in [0.2, 0.25) is 0 Å². The Bertz CT molecular complexity index is 1850. The number of hydrogen-bond acceptors (Lipinski definition) is 7. The van der Waals surface area contributed by atoms with E-state index in [1.807, 2.05) is 66.7 Å². The van der Waals surface area contributed by atoms with Gasteiger partial charge in [0, 0.05) is 5.56 Å². The number of fused-ring (bicyclic) bond motifs is 1. The van der Waals surface area contributed by atoms with Crippen LogP contribution in [0.5, 0.6) is 11.5 Å². The van der Waals surface area contributed by atoms with Crippen molar-refractivity contribution in [1.29, 1.82) is 0 Å². The van der Waals surface area contributed by atoms with Gasteiger partial charge in [-0.2, -0.15) is 0 Å². The van der Waals surface area contributed by atoms with Crippen LogP contribution >= 0.6 is 27.3 Å². The molecule has 1 aliphatic rings. The van der Waals surface area contributed by atoms with Crippen molar-refractivity contribution in [1.82, 2.24) is 4.57 Å². The molecule has 4 aromatic rings. The van der Waals surface area contributed by atoms with Crippen LogP contribution in [0.2, 0.25) is 0 Å². The fourth-order valence-electron chi connectivity index (χ4n) is 4.62. The molecule has 3 aromatic carbocycles. The number of carbonyl (C=O) groups is 1. The second kappa shape index (κ2) is 12.4. The summed E-state index contributed by atoms with van der Waals surface area (Å²) in [5.74, 6) is 2.86. The number of rotatable bonds is 8. The van der Waals surface area contributed by atoms with Crippen molar-refractivity contribution in [3.63, 3.8) is 0 Å². The van der Waals surface area contributed by atoms with Crippen molar-refractivity contribution < 1.29 is 19.0 Å². The maximum atomic E-state index is 14.0. The number of benzene rings is 3. The van der Waals surface area contributed by atoms with Crippen molar-refractivity contribution in [2.75, 3.05) is 20.3 Å². The number of esters is 1. The first-order valence-electron chi connectivity index (χ1n) is 12.7. The molecule has 5 rings (SSSR count). The second-order valence-electron chi connectivity index (χ2n) is 8.87. The monoisotopic (exact) mass is 628 g/mol. The van der Waals surface area contributed by atoms with Crippen molar-refractivity contribution in [2.24, 2.45) is 4.99 Å². The van der Waals surface area contributed by atoms with E-state index in [-0.39, 0.29) is 18.8 Å². The first-order valence-corrected chi connectivity index (χ1v) is 14.3. The molecule has 206 valence electrons. The number of thiazole rings is 1. The van der Waals surface area contributed by atoms with Crippen molar-refractivity contribution in [3.05, 3.63) is 119 Å². The van der Waals surface area contributed by atoms with Crippen LogP contribution in [0, 0.1) is 12.3 Å². The Morgan fingerprint density at radius 1 is 1.15 bits per heavy atom. The highest BCUT2D eigenvalue weighted by Crippen LogP contribution is 2.37. The van der Waals surface area contributed by atoms with Crippen LogP contribution in [0.3, 0.4) is 0 Å². The zero-order valence-electron chi connectivity index (χ0n) is 22.3. The molecule has 1 aromatic heterocycles. The van der Waals surface area contributed by atoms with E-state index >= 15 is 0 Å². The van der Waals surface area contributed by atoms with Gasteiger partial charge in [0.1, 0.15) is 6.61 Å². The molecule has 0 fully saturated rings. The van der Waals surface area contributed by atoms with E-state index in [1.165, 1.54) is 18.4 Å². The van der Waals surface area contributed by atoms with Crippen LogP contribution in [-0.4, -0.2) is 30.9 Å². The average molecular weight is 630 g/mol. The number of terminal acetylenes is 1. The molecule has 2 heterocycles. The molecule has 0 N–H and O–H groups in total. The summed E-state index contributed by atoms with van der Waals surface area (Å²) >= 11 is 4.77. The van der Waals surface area contributed by atoms with Crippen molar-refractivity contribution in [3.8, 4) is 23.8 Å². The molecule has 1 aliphatic heterocycles. The predicted molar refractivity (Wildman–Crippen MR) is 163 cm³/mol. The predicted octanol–water partition coefficient (Wildman–Crippen LogP) is 4.72. The minimum Gasteiger partial charge on any atom is -0.493 e. The number of halogens is 1. The topological polar surface area (TPSA) is 79.1 Å². The summed E-state index contributed by atoms with van der Waals surface area (Å²) in [5.41, 5.74) is 2.74. The molecule has 0 saturated carbocycles. The molecule has 0 radical (unpaired) electrons. The molecule has 0 spiro atoms. The number of ether oxygens (including phenoxy) is 3. The third-order valence-electron chi connectivity index (χ3n) is 6.34. The zero-order chi connectivity index (χ0) is 28.9. The summed E-state index contributed by atoms with van der Waals surface area (Å²) in [6.45, 7) is 2.02. The van der Waals surface area contributed by atoms with Gasteiger partial charge in [-0.05, 0) is 52.2 Å². The lowest BCUT2D eigenvalue weighted by Gasteiger charge is -2.25. The Balaban J connectivity index is 1.76. The summed E-state index contributed by atoms with van der Waals surface area (Å²) < 4.78 is 19.3. The van der Waals surface area contributed by atoms with Gasteiger partial charge in [-0.3, -0.25) is 9.36 Å². The lowest BCUT2D eigenvalue weighted by molar-refractivity contribution is -0.138. The molecule has 0 unspecified atom stereocenters. The first-order chi connectivity index (χ1) is 20.0. The van der Waals surface area contributed by atoms with E-state index in [2.05, 4.69) is 21.9 Å². The van der Waals surface area contributed by atoms with E-state index in [9.17, 15) is 9.59 Å². The highest BCUT2D eigenvalue weighted by molar-refractivity contribution is 9.10. The van der Waals surface area contributed by atoms with Crippen LogP contribution in [0.15, 0.2) is 92.6 Å². The quantitative estimate of drug-likeness (QED) is 0.208. The average Bonchev–Trinajstić information content (AvgIpc) is 3.30. The van der Waals surface area contributed by atoms with Gasteiger partial charge in [-0.15, -0.1) is 6.42 Å². The van der Waals surface area contributed by atoms with Gasteiger partial charge in [0.05, 0.1) is 40.0 Å². The Kier molecular flexibility index (Phi) is 8.53. The summed E-state index contributed by atoms with van der Waals surface area (Å²) in [6, 6.07) is 21.7. The number of carbonyl (C=O) groups excluding carboxylic acids is 1. The molecular formula is C32H25BrN2O5S. The Hall–Kier alpha value is -4.39. The lowest BCUT2D eigenvalue weighted by Crippen LogP contribution is -2.39. The molecule has 0 bridgehead atoms.